The molecule has 12 heteroatoms. The zero-order valence-corrected chi connectivity index (χ0v) is 66.1. The van der Waals surface area contributed by atoms with E-state index in [2.05, 4.69) is 27.7 Å². The predicted octanol–water partition coefficient (Wildman–Crippen LogP) is 22.7. The van der Waals surface area contributed by atoms with Crippen LogP contribution in [-0.4, -0.2) is 93.0 Å². The van der Waals surface area contributed by atoms with E-state index < -0.39 is 23.7 Å². The molecule has 0 N–H and O–H groups in total. The van der Waals surface area contributed by atoms with Gasteiger partial charge in [0.2, 0.25) is 23.6 Å². The molecular weight excluding hydrogens is 1270 g/mol. The first-order valence-corrected chi connectivity index (χ1v) is 44.7. The van der Waals surface area contributed by atoms with Gasteiger partial charge in [0, 0.05) is 50.5 Å². The Labute approximate surface area is 623 Å². The van der Waals surface area contributed by atoms with Crippen molar-refractivity contribution in [3.8, 4) is 0 Å². The molecule has 102 heavy (non-hydrogen) atoms. The van der Waals surface area contributed by atoms with Crippen molar-refractivity contribution in [2.45, 2.75) is 400 Å². The summed E-state index contributed by atoms with van der Waals surface area (Å²) >= 11 is 0. The average Bonchev–Trinajstić information content (AvgIpc) is 1.59. The fourth-order valence-corrected chi connectivity index (χ4v) is 20.9. The highest BCUT2D eigenvalue weighted by Crippen LogP contribution is 2.51. The molecule has 0 radical (unpaired) electrons. The summed E-state index contributed by atoms with van der Waals surface area (Å²) in [6, 6.07) is 0. The van der Waals surface area contributed by atoms with Crippen molar-refractivity contribution in [2.24, 2.45) is 71.0 Å². The first-order valence-electron chi connectivity index (χ1n) is 44.7. The fraction of sp³-hybridized carbons (Fsp3) is 0.867. The minimum atomic E-state index is -0.475. The Morgan fingerprint density at radius 3 is 0.627 bits per heavy atom. The van der Waals surface area contributed by atoms with Crippen LogP contribution in [0.25, 0.3) is 0 Å². The van der Waals surface area contributed by atoms with E-state index in [-0.39, 0.29) is 47.3 Å². The van der Waals surface area contributed by atoms with E-state index in [1.807, 2.05) is 0 Å². The summed E-state index contributed by atoms with van der Waals surface area (Å²) < 4.78 is 0. The molecule has 3 saturated carbocycles. The van der Waals surface area contributed by atoms with E-state index in [0.29, 0.717) is 39.0 Å². The number of amides is 8. The third-order valence-electron chi connectivity index (χ3n) is 26.9. The minimum absolute atomic E-state index is 0.105. The van der Waals surface area contributed by atoms with Crippen molar-refractivity contribution in [3.05, 3.63) is 24.3 Å². The van der Waals surface area contributed by atoms with Gasteiger partial charge in [-0.05, 0) is 137 Å². The first kappa shape index (κ1) is 85.3. The van der Waals surface area contributed by atoms with Gasteiger partial charge in [-0.15, -0.1) is 0 Å². The number of likely N-dealkylation sites (tertiary alicyclic amines) is 2. The summed E-state index contributed by atoms with van der Waals surface area (Å²) in [7, 11) is 0. The van der Waals surface area contributed by atoms with Crippen LogP contribution in [0.3, 0.4) is 0 Å². The number of carbonyl (C=O) groups is 8. The number of fused-ring (bicyclic) bond motifs is 2. The molecule has 0 bridgehead atoms. The second kappa shape index (κ2) is 49.8. The molecule has 12 atom stereocenters. The molecule has 7 rings (SSSR count). The third kappa shape index (κ3) is 28.0. The predicted molar refractivity (Wildman–Crippen MR) is 418 cm³/mol. The van der Waals surface area contributed by atoms with Crippen molar-refractivity contribution < 1.29 is 38.4 Å². The van der Waals surface area contributed by atoms with Crippen LogP contribution < -0.4 is 0 Å². The SMILES string of the molecule is CCCCCCCCC1C(CCCCCC)CCC(CCCCCCCCN2C(=O)C3CC4C(=O)N(CCCCCCCCC5C(CCCCCCCCN6C(=O)C=CC6=O)CCC(CCCCCC)C5CCCCCCCC)C(=O)C4CC3C2=O)C1CCCCCCCCN1C(=O)C=CC1=O. The van der Waals surface area contributed by atoms with Gasteiger partial charge in [0.25, 0.3) is 23.6 Å². The van der Waals surface area contributed by atoms with E-state index in [9.17, 15) is 38.4 Å². The Hall–Kier alpha value is -3.96. The highest BCUT2D eigenvalue weighted by atomic mass is 16.2. The molecule has 3 aliphatic carbocycles. The van der Waals surface area contributed by atoms with Gasteiger partial charge in [0.1, 0.15) is 0 Å². The minimum Gasteiger partial charge on any atom is -0.282 e. The molecule has 2 saturated heterocycles. The molecule has 0 aromatic carbocycles. The number of imide groups is 4. The number of hydrogen-bond acceptors (Lipinski definition) is 8. The lowest BCUT2D eigenvalue weighted by atomic mass is 9.61. The first-order chi connectivity index (χ1) is 49.9. The Kier molecular flexibility index (Phi) is 41.7. The second-order valence-electron chi connectivity index (χ2n) is 34.2. The van der Waals surface area contributed by atoms with Gasteiger partial charge < -0.3 is 0 Å². The highest BCUT2D eigenvalue weighted by Gasteiger charge is 2.59. The number of carbonyl (C=O) groups excluding carboxylic acids is 8. The molecule has 8 amide bonds. The molecule has 4 aliphatic heterocycles. The van der Waals surface area contributed by atoms with Crippen LogP contribution in [0, 0.1) is 71.0 Å². The maximum atomic E-state index is 14.0. The smallest absolute Gasteiger partial charge is 0.253 e. The standard InChI is InChI=1S/C90H152N4O8/c1-5-9-13-17-29-41-53-75-71(49-37-15-11-7-3)58-60-74(77(75)55-43-31-21-25-34-46-66-92-85(97)63-64-86(92)98)52-40-28-20-24-35-47-67-93-87(99)79-69-81-82(70-80(79)88(93)100)90(102)94(89(81)101)68-48-36-26-22-32-44-56-78-73(51-39-27-19-23-33-45-65-91-83(95)61-62-84(91)96)59-57-72(50-38-16-12-8-4)76(78)54-42-30-18-14-10-6-2/h61-64,71-82H,5-60,65-70H2,1-4H3. The molecule has 7 aliphatic rings. The van der Waals surface area contributed by atoms with Crippen LogP contribution in [0.2, 0.25) is 0 Å². The van der Waals surface area contributed by atoms with E-state index in [1.165, 1.54) is 339 Å². The van der Waals surface area contributed by atoms with Gasteiger partial charge in [0.05, 0.1) is 23.7 Å². The number of nitrogens with zero attached hydrogens (tertiary/aromatic N) is 4. The number of unbranched alkanes of at least 4 members (excludes halogenated alkanes) is 36. The van der Waals surface area contributed by atoms with Crippen molar-refractivity contribution in [1.82, 2.24) is 19.6 Å². The van der Waals surface area contributed by atoms with Crippen LogP contribution in [0.5, 0.6) is 0 Å². The van der Waals surface area contributed by atoms with E-state index in [1.54, 1.807) is 0 Å². The molecule has 12 unspecified atom stereocenters. The van der Waals surface area contributed by atoms with Crippen molar-refractivity contribution in [3.63, 3.8) is 0 Å². The van der Waals surface area contributed by atoms with Crippen LogP contribution in [0.4, 0.5) is 0 Å². The summed E-state index contributed by atoms with van der Waals surface area (Å²) in [5.74, 6) is 3.81. The lowest BCUT2D eigenvalue weighted by Crippen LogP contribution is -2.35. The molecule has 12 nitrogen and oxygen atoms in total. The lowest BCUT2D eigenvalue weighted by molar-refractivity contribution is -0.141. The third-order valence-corrected chi connectivity index (χ3v) is 26.9. The van der Waals surface area contributed by atoms with Crippen molar-refractivity contribution in [1.29, 1.82) is 0 Å². The van der Waals surface area contributed by atoms with Gasteiger partial charge in [-0.3, -0.25) is 58.0 Å². The van der Waals surface area contributed by atoms with E-state index >= 15 is 0 Å². The monoisotopic (exact) mass is 1420 g/mol. The largest absolute Gasteiger partial charge is 0.282 e. The molecule has 0 spiro atoms. The van der Waals surface area contributed by atoms with Crippen molar-refractivity contribution >= 4 is 47.3 Å². The Bertz CT molecular complexity index is 2430. The molecule has 580 valence electrons. The molecular formula is C90H152N4O8. The topological polar surface area (TPSA) is 150 Å². The molecule has 0 aromatic heterocycles. The van der Waals surface area contributed by atoms with Gasteiger partial charge in [0.15, 0.2) is 0 Å². The lowest BCUT2D eigenvalue weighted by Gasteiger charge is -2.44. The van der Waals surface area contributed by atoms with Crippen molar-refractivity contribution in [2.75, 3.05) is 26.2 Å². The molecule has 0 aromatic rings. The number of hydrogen-bond donors (Lipinski definition) is 0. The van der Waals surface area contributed by atoms with Crippen LogP contribution in [0.1, 0.15) is 400 Å². The summed E-state index contributed by atoms with van der Waals surface area (Å²) in [4.78, 5) is 110. The highest BCUT2D eigenvalue weighted by molar-refractivity contribution is 6.13. The normalized spacial score (nSPS) is 25.8. The van der Waals surface area contributed by atoms with Gasteiger partial charge >= 0.3 is 0 Å². The summed E-state index contributed by atoms with van der Waals surface area (Å²) in [5, 5.41) is 0. The molecule has 4 heterocycles. The Balaban J connectivity index is 0.794. The summed E-state index contributed by atoms with van der Waals surface area (Å²) in [5.41, 5.74) is 0. The zero-order chi connectivity index (χ0) is 72.5. The van der Waals surface area contributed by atoms with Gasteiger partial charge in [-0.2, -0.15) is 0 Å². The quantitative estimate of drug-likeness (QED) is 0.0431. The summed E-state index contributed by atoms with van der Waals surface area (Å²) in [6.45, 7) is 11.3. The van der Waals surface area contributed by atoms with Crippen LogP contribution >= 0.6 is 0 Å². The molecule has 5 fully saturated rings. The fourth-order valence-electron chi connectivity index (χ4n) is 20.9. The van der Waals surface area contributed by atoms with Crippen LogP contribution in [0.15, 0.2) is 24.3 Å². The maximum Gasteiger partial charge on any atom is 0.253 e. The van der Waals surface area contributed by atoms with Gasteiger partial charge in [-0.25, -0.2) is 0 Å². The Morgan fingerprint density at radius 2 is 0.402 bits per heavy atom. The maximum absolute atomic E-state index is 14.0. The van der Waals surface area contributed by atoms with Gasteiger partial charge in [-0.1, -0.05) is 310 Å². The van der Waals surface area contributed by atoms with Crippen LogP contribution in [-0.2, 0) is 38.4 Å². The number of rotatable bonds is 60. The zero-order valence-electron chi connectivity index (χ0n) is 66.1. The second-order valence-corrected chi connectivity index (χ2v) is 34.2. The summed E-state index contributed by atoms with van der Waals surface area (Å²) in [6.07, 6.45) is 77.4. The Morgan fingerprint density at radius 1 is 0.225 bits per heavy atom. The average molecular weight is 1420 g/mol. The van der Waals surface area contributed by atoms with E-state index in [0.717, 1.165) is 112 Å². The van der Waals surface area contributed by atoms with E-state index in [4.69, 9.17) is 0 Å².